The van der Waals surface area contributed by atoms with E-state index < -0.39 is 11.6 Å². The maximum atomic E-state index is 12.8. The largest absolute Gasteiger partial charge is 0.324 e. The molecule has 0 aliphatic carbocycles. The van der Waals surface area contributed by atoms with Crippen molar-refractivity contribution in [2.75, 3.05) is 0 Å². The second-order valence-electron chi connectivity index (χ2n) is 3.41. The molecule has 15 heavy (non-hydrogen) atoms. The first-order chi connectivity index (χ1) is 7.13. The molecule has 1 aromatic rings. The van der Waals surface area contributed by atoms with Gasteiger partial charge in [0, 0.05) is 18.5 Å². The molecule has 0 radical (unpaired) electrons. The van der Waals surface area contributed by atoms with E-state index in [1.807, 2.05) is 0 Å². The number of hydrogen-bond acceptors (Lipinski definition) is 1. The van der Waals surface area contributed by atoms with Crippen molar-refractivity contribution < 1.29 is 8.78 Å². The Morgan fingerprint density at radius 2 is 1.87 bits per heavy atom. The summed E-state index contributed by atoms with van der Waals surface area (Å²) in [6, 6.07) is 2.98. The van der Waals surface area contributed by atoms with Gasteiger partial charge in [0.1, 0.15) is 11.6 Å². The summed E-state index contributed by atoms with van der Waals surface area (Å²) in [5.41, 5.74) is 6.25. The molecule has 0 aliphatic rings. The average molecular weight is 209 g/mol. The first kappa shape index (κ1) is 11.7. The standard InChI is InChI=1S/C12H13F2N/c1-2-3-4-5-12(15)9-6-10(13)8-11(14)7-9/h1,6-8,12H,3-5,15H2. The van der Waals surface area contributed by atoms with Gasteiger partial charge >= 0.3 is 0 Å². The normalized spacial score (nSPS) is 12.1. The van der Waals surface area contributed by atoms with Crippen LogP contribution in [-0.2, 0) is 0 Å². The van der Waals surface area contributed by atoms with Gasteiger partial charge in [0.05, 0.1) is 0 Å². The molecule has 3 heteroatoms. The number of benzene rings is 1. The molecule has 0 saturated heterocycles. The van der Waals surface area contributed by atoms with E-state index in [-0.39, 0.29) is 6.04 Å². The van der Waals surface area contributed by atoms with E-state index in [0.29, 0.717) is 18.4 Å². The lowest BCUT2D eigenvalue weighted by atomic mass is 10.0. The maximum absolute atomic E-state index is 12.8. The molecule has 0 spiro atoms. The molecular weight excluding hydrogens is 196 g/mol. The molecule has 1 aromatic carbocycles. The minimum atomic E-state index is -0.600. The van der Waals surface area contributed by atoms with Crippen LogP contribution in [-0.4, -0.2) is 0 Å². The van der Waals surface area contributed by atoms with Crippen LogP contribution in [0.15, 0.2) is 18.2 Å². The number of terminal acetylenes is 1. The zero-order chi connectivity index (χ0) is 11.3. The van der Waals surface area contributed by atoms with Crippen molar-refractivity contribution in [3.63, 3.8) is 0 Å². The van der Waals surface area contributed by atoms with E-state index in [1.54, 1.807) is 0 Å². The van der Waals surface area contributed by atoms with E-state index in [1.165, 1.54) is 12.1 Å². The van der Waals surface area contributed by atoms with Gasteiger partial charge in [-0.15, -0.1) is 12.3 Å². The van der Waals surface area contributed by atoms with E-state index in [0.717, 1.165) is 12.5 Å². The fourth-order valence-corrected chi connectivity index (χ4v) is 1.38. The van der Waals surface area contributed by atoms with Crippen LogP contribution in [0.3, 0.4) is 0 Å². The molecule has 80 valence electrons. The predicted octanol–water partition coefficient (Wildman–Crippen LogP) is 2.77. The highest BCUT2D eigenvalue weighted by Gasteiger charge is 2.08. The number of unbranched alkanes of at least 4 members (excludes halogenated alkanes) is 1. The average Bonchev–Trinajstić information content (AvgIpc) is 2.16. The number of rotatable bonds is 4. The molecular formula is C12H13F2N. The maximum Gasteiger partial charge on any atom is 0.126 e. The Morgan fingerprint density at radius 1 is 1.27 bits per heavy atom. The smallest absolute Gasteiger partial charge is 0.126 e. The summed E-state index contributed by atoms with van der Waals surface area (Å²) < 4.78 is 25.7. The lowest BCUT2D eigenvalue weighted by Gasteiger charge is -2.11. The lowest BCUT2D eigenvalue weighted by Crippen LogP contribution is -2.10. The highest BCUT2D eigenvalue weighted by atomic mass is 19.1. The van der Waals surface area contributed by atoms with Crippen LogP contribution in [0.2, 0.25) is 0 Å². The van der Waals surface area contributed by atoms with Gasteiger partial charge in [-0.25, -0.2) is 8.78 Å². The topological polar surface area (TPSA) is 26.0 Å². The molecule has 0 saturated carbocycles. The van der Waals surface area contributed by atoms with Crippen LogP contribution in [0.25, 0.3) is 0 Å². The lowest BCUT2D eigenvalue weighted by molar-refractivity contribution is 0.563. The summed E-state index contributed by atoms with van der Waals surface area (Å²) in [5, 5.41) is 0. The Morgan fingerprint density at radius 3 is 2.40 bits per heavy atom. The summed E-state index contributed by atoms with van der Waals surface area (Å²) in [7, 11) is 0. The fraction of sp³-hybridized carbons (Fsp3) is 0.333. The number of nitrogens with two attached hydrogens (primary N) is 1. The van der Waals surface area contributed by atoms with E-state index in [2.05, 4.69) is 5.92 Å². The molecule has 1 atom stereocenters. The van der Waals surface area contributed by atoms with E-state index >= 15 is 0 Å². The predicted molar refractivity (Wildman–Crippen MR) is 56.0 cm³/mol. The zero-order valence-corrected chi connectivity index (χ0v) is 8.34. The summed E-state index contributed by atoms with van der Waals surface area (Å²) >= 11 is 0. The molecule has 0 aromatic heterocycles. The summed E-state index contributed by atoms with van der Waals surface area (Å²) in [4.78, 5) is 0. The molecule has 0 bridgehead atoms. The Bertz CT molecular complexity index is 348. The monoisotopic (exact) mass is 209 g/mol. The molecule has 0 fully saturated rings. The van der Waals surface area contributed by atoms with E-state index in [9.17, 15) is 8.78 Å². The summed E-state index contributed by atoms with van der Waals surface area (Å²) in [6.45, 7) is 0. The van der Waals surface area contributed by atoms with Gasteiger partial charge < -0.3 is 5.73 Å². The van der Waals surface area contributed by atoms with Gasteiger partial charge in [0.2, 0.25) is 0 Å². The van der Waals surface area contributed by atoms with Crippen LogP contribution >= 0.6 is 0 Å². The van der Waals surface area contributed by atoms with Crippen LogP contribution < -0.4 is 5.73 Å². The quantitative estimate of drug-likeness (QED) is 0.599. The van der Waals surface area contributed by atoms with Crippen molar-refractivity contribution in [3.8, 4) is 12.3 Å². The highest BCUT2D eigenvalue weighted by molar-refractivity contribution is 5.21. The Balaban J connectivity index is 2.65. The molecule has 1 unspecified atom stereocenters. The third-order valence-corrected chi connectivity index (χ3v) is 2.15. The fourth-order valence-electron chi connectivity index (χ4n) is 1.38. The number of halogens is 2. The van der Waals surface area contributed by atoms with Crippen molar-refractivity contribution in [1.29, 1.82) is 0 Å². The molecule has 2 N–H and O–H groups in total. The van der Waals surface area contributed by atoms with Gasteiger partial charge in [0.25, 0.3) is 0 Å². The van der Waals surface area contributed by atoms with Crippen molar-refractivity contribution in [3.05, 3.63) is 35.4 Å². The molecule has 0 heterocycles. The minimum Gasteiger partial charge on any atom is -0.324 e. The zero-order valence-electron chi connectivity index (χ0n) is 8.34. The molecule has 0 amide bonds. The molecule has 1 nitrogen and oxygen atoms in total. The van der Waals surface area contributed by atoms with Gasteiger partial charge in [0.15, 0.2) is 0 Å². The Labute approximate surface area is 88.3 Å². The van der Waals surface area contributed by atoms with Crippen LogP contribution in [0.1, 0.15) is 30.9 Å². The van der Waals surface area contributed by atoms with Crippen molar-refractivity contribution >= 4 is 0 Å². The second-order valence-corrected chi connectivity index (χ2v) is 3.41. The van der Waals surface area contributed by atoms with Gasteiger partial charge in [-0.1, -0.05) is 0 Å². The third-order valence-electron chi connectivity index (χ3n) is 2.15. The summed E-state index contributed by atoms with van der Waals surface area (Å²) in [6.07, 6.45) is 7.11. The van der Waals surface area contributed by atoms with Crippen LogP contribution in [0.4, 0.5) is 8.78 Å². The van der Waals surface area contributed by atoms with Crippen molar-refractivity contribution in [2.24, 2.45) is 5.73 Å². The van der Waals surface area contributed by atoms with Gasteiger partial charge in [-0.3, -0.25) is 0 Å². The third kappa shape index (κ3) is 3.69. The second kappa shape index (κ2) is 5.47. The number of hydrogen-bond donors (Lipinski definition) is 1. The summed E-state index contributed by atoms with van der Waals surface area (Å²) in [5.74, 6) is 1.29. The SMILES string of the molecule is C#CCCCC(N)c1cc(F)cc(F)c1. The Kier molecular flexibility index (Phi) is 4.26. The molecule has 1 rings (SSSR count). The van der Waals surface area contributed by atoms with Crippen LogP contribution in [0.5, 0.6) is 0 Å². The first-order valence-corrected chi connectivity index (χ1v) is 4.78. The van der Waals surface area contributed by atoms with Crippen molar-refractivity contribution in [1.82, 2.24) is 0 Å². The highest BCUT2D eigenvalue weighted by Crippen LogP contribution is 2.18. The van der Waals surface area contributed by atoms with Gasteiger partial charge in [-0.2, -0.15) is 0 Å². The first-order valence-electron chi connectivity index (χ1n) is 4.78. The molecule has 0 aliphatic heterocycles. The van der Waals surface area contributed by atoms with E-state index in [4.69, 9.17) is 12.2 Å². The van der Waals surface area contributed by atoms with Crippen molar-refractivity contribution in [2.45, 2.75) is 25.3 Å². The van der Waals surface area contributed by atoms with Crippen LogP contribution in [0, 0.1) is 24.0 Å². The Hall–Kier alpha value is -1.40. The van der Waals surface area contributed by atoms with Gasteiger partial charge in [-0.05, 0) is 30.5 Å². The minimum absolute atomic E-state index is 0.358.